The average Bonchev–Trinajstić information content (AvgIpc) is 2.44. The van der Waals surface area contributed by atoms with Crippen molar-refractivity contribution in [1.82, 2.24) is 15.1 Å². The lowest BCUT2D eigenvalue weighted by Crippen LogP contribution is -2.48. The summed E-state index contributed by atoms with van der Waals surface area (Å²) in [6.45, 7) is 9.32. The van der Waals surface area contributed by atoms with E-state index in [1.54, 1.807) is 4.90 Å². The zero-order chi connectivity index (χ0) is 15.8. The summed E-state index contributed by atoms with van der Waals surface area (Å²) in [5.74, 6) is 0.415. The number of carbonyl (C=O) groups excluding carboxylic acids is 2. The maximum absolute atomic E-state index is 12.3. The second kappa shape index (κ2) is 9.00. The minimum absolute atomic E-state index is 0.0223. The molecule has 1 fully saturated rings. The zero-order valence-electron chi connectivity index (χ0n) is 13.6. The molecule has 0 aromatic heterocycles. The lowest BCUT2D eigenvalue weighted by molar-refractivity contribution is -0.137. The van der Waals surface area contributed by atoms with Gasteiger partial charge >= 0.3 is 0 Å². The van der Waals surface area contributed by atoms with E-state index in [0.29, 0.717) is 25.6 Å². The Morgan fingerprint density at radius 2 is 2.14 bits per heavy atom. The molecular formula is C15H30N4O2. The first-order valence-corrected chi connectivity index (χ1v) is 7.95. The number of piperidine rings is 1. The second-order valence-corrected chi connectivity index (χ2v) is 6.11. The van der Waals surface area contributed by atoms with Crippen molar-refractivity contribution in [3.63, 3.8) is 0 Å². The molecule has 1 aliphatic heterocycles. The third-order valence-electron chi connectivity index (χ3n) is 3.81. The van der Waals surface area contributed by atoms with Crippen molar-refractivity contribution in [3.05, 3.63) is 0 Å². The van der Waals surface area contributed by atoms with Gasteiger partial charge in [-0.3, -0.25) is 14.5 Å². The first-order valence-electron chi connectivity index (χ1n) is 7.95. The third kappa shape index (κ3) is 6.44. The smallest absolute Gasteiger partial charge is 0.239 e. The van der Waals surface area contributed by atoms with Gasteiger partial charge in [0, 0.05) is 19.1 Å². The molecule has 6 nitrogen and oxygen atoms in total. The minimum atomic E-state index is -0.0984. The number of nitrogens with two attached hydrogens (primary N) is 1. The fourth-order valence-electron chi connectivity index (χ4n) is 2.70. The number of carbonyl (C=O) groups is 2. The summed E-state index contributed by atoms with van der Waals surface area (Å²) in [4.78, 5) is 27.9. The van der Waals surface area contributed by atoms with E-state index in [0.717, 1.165) is 25.9 Å². The highest BCUT2D eigenvalue weighted by molar-refractivity contribution is 5.85. The first kappa shape index (κ1) is 17.9. The summed E-state index contributed by atoms with van der Waals surface area (Å²) in [5.41, 5.74) is 5.72. The quantitative estimate of drug-likeness (QED) is 0.695. The van der Waals surface area contributed by atoms with Gasteiger partial charge < -0.3 is 16.0 Å². The standard InChI is InChI=1S/C15H30N4O2/c1-4-19(10-14(20)17-12(2)3)15(21)11-18-7-5-6-13(8-16)9-18/h12-13H,4-11,16H2,1-3H3,(H,17,20). The molecule has 0 aliphatic carbocycles. The van der Waals surface area contributed by atoms with E-state index in [4.69, 9.17) is 5.73 Å². The first-order chi connectivity index (χ1) is 9.96. The number of amides is 2. The van der Waals surface area contributed by atoms with Gasteiger partial charge in [0.05, 0.1) is 13.1 Å². The average molecular weight is 298 g/mol. The lowest BCUT2D eigenvalue weighted by Gasteiger charge is -2.33. The molecular weight excluding hydrogens is 268 g/mol. The van der Waals surface area contributed by atoms with Crippen LogP contribution < -0.4 is 11.1 Å². The molecule has 0 aromatic carbocycles. The van der Waals surface area contributed by atoms with Gasteiger partial charge in [0.25, 0.3) is 0 Å². The summed E-state index contributed by atoms with van der Waals surface area (Å²) >= 11 is 0. The van der Waals surface area contributed by atoms with Gasteiger partial charge in [0.2, 0.25) is 11.8 Å². The predicted molar refractivity (Wildman–Crippen MR) is 83.8 cm³/mol. The normalized spacial score (nSPS) is 19.6. The van der Waals surface area contributed by atoms with E-state index in [1.165, 1.54) is 0 Å². The molecule has 1 saturated heterocycles. The molecule has 122 valence electrons. The van der Waals surface area contributed by atoms with Crippen molar-refractivity contribution >= 4 is 11.8 Å². The maximum atomic E-state index is 12.3. The van der Waals surface area contributed by atoms with E-state index in [2.05, 4.69) is 10.2 Å². The van der Waals surface area contributed by atoms with E-state index in [1.807, 2.05) is 20.8 Å². The van der Waals surface area contributed by atoms with Crippen LogP contribution in [0.3, 0.4) is 0 Å². The molecule has 0 spiro atoms. The molecule has 2 amide bonds. The Bertz CT molecular complexity index is 347. The fourth-order valence-corrected chi connectivity index (χ4v) is 2.70. The van der Waals surface area contributed by atoms with Crippen LogP contribution in [0.15, 0.2) is 0 Å². The Hall–Kier alpha value is -1.14. The SMILES string of the molecule is CCN(CC(=O)NC(C)C)C(=O)CN1CCCC(CN)C1. The molecule has 1 atom stereocenters. The van der Waals surface area contributed by atoms with Crippen molar-refractivity contribution in [1.29, 1.82) is 0 Å². The number of rotatable bonds is 7. The van der Waals surface area contributed by atoms with E-state index >= 15 is 0 Å². The summed E-state index contributed by atoms with van der Waals surface area (Å²) in [7, 11) is 0. The van der Waals surface area contributed by atoms with Crippen LogP contribution in [0.4, 0.5) is 0 Å². The zero-order valence-corrected chi connectivity index (χ0v) is 13.6. The molecule has 0 radical (unpaired) electrons. The Labute approximate surface area is 128 Å². The van der Waals surface area contributed by atoms with Gasteiger partial charge in [-0.15, -0.1) is 0 Å². The largest absolute Gasteiger partial charge is 0.352 e. The van der Waals surface area contributed by atoms with Crippen LogP contribution in [0.1, 0.15) is 33.6 Å². The molecule has 3 N–H and O–H groups in total. The number of likely N-dealkylation sites (tertiary alicyclic amines) is 1. The van der Waals surface area contributed by atoms with E-state index < -0.39 is 0 Å². The Kier molecular flexibility index (Phi) is 7.67. The predicted octanol–water partition coefficient (Wildman–Crippen LogP) is 0.0302. The summed E-state index contributed by atoms with van der Waals surface area (Å²) in [6, 6.07) is 0.0960. The van der Waals surface area contributed by atoms with Crippen molar-refractivity contribution < 1.29 is 9.59 Å². The fraction of sp³-hybridized carbons (Fsp3) is 0.867. The van der Waals surface area contributed by atoms with Crippen LogP contribution in [-0.2, 0) is 9.59 Å². The molecule has 0 saturated carbocycles. The van der Waals surface area contributed by atoms with Gasteiger partial charge in [-0.05, 0) is 52.6 Å². The van der Waals surface area contributed by atoms with E-state index in [9.17, 15) is 9.59 Å². The monoisotopic (exact) mass is 298 g/mol. The molecule has 6 heteroatoms. The second-order valence-electron chi connectivity index (χ2n) is 6.11. The number of hydrogen-bond acceptors (Lipinski definition) is 4. The van der Waals surface area contributed by atoms with Crippen LogP contribution in [0, 0.1) is 5.92 Å². The number of hydrogen-bond donors (Lipinski definition) is 2. The van der Waals surface area contributed by atoms with Gasteiger partial charge in [-0.2, -0.15) is 0 Å². The molecule has 1 rings (SSSR count). The lowest BCUT2D eigenvalue weighted by atomic mass is 9.98. The minimum Gasteiger partial charge on any atom is -0.352 e. The Morgan fingerprint density at radius 1 is 1.43 bits per heavy atom. The number of nitrogens with zero attached hydrogens (tertiary/aromatic N) is 2. The van der Waals surface area contributed by atoms with Crippen LogP contribution in [0.5, 0.6) is 0 Å². The summed E-state index contributed by atoms with van der Waals surface area (Å²) in [5, 5.41) is 2.82. The highest BCUT2D eigenvalue weighted by Gasteiger charge is 2.23. The number of likely N-dealkylation sites (N-methyl/N-ethyl adjacent to an activating group) is 1. The molecule has 0 aromatic rings. The van der Waals surface area contributed by atoms with Gasteiger partial charge in [-0.1, -0.05) is 0 Å². The molecule has 0 bridgehead atoms. The highest BCUT2D eigenvalue weighted by Crippen LogP contribution is 2.15. The van der Waals surface area contributed by atoms with Crippen molar-refractivity contribution in [2.24, 2.45) is 11.7 Å². The molecule has 1 unspecified atom stereocenters. The van der Waals surface area contributed by atoms with Crippen LogP contribution in [-0.4, -0.2) is 66.9 Å². The maximum Gasteiger partial charge on any atom is 0.239 e. The van der Waals surface area contributed by atoms with E-state index in [-0.39, 0.29) is 24.4 Å². The van der Waals surface area contributed by atoms with Crippen LogP contribution in [0.2, 0.25) is 0 Å². The topological polar surface area (TPSA) is 78.7 Å². The Balaban J connectivity index is 2.45. The third-order valence-corrected chi connectivity index (χ3v) is 3.81. The highest BCUT2D eigenvalue weighted by atomic mass is 16.2. The van der Waals surface area contributed by atoms with Gasteiger partial charge in [0.1, 0.15) is 0 Å². The van der Waals surface area contributed by atoms with Gasteiger partial charge in [0.15, 0.2) is 0 Å². The van der Waals surface area contributed by atoms with Crippen molar-refractivity contribution in [2.45, 2.75) is 39.7 Å². The summed E-state index contributed by atoms with van der Waals surface area (Å²) < 4.78 is 0. The van der Waals surface area contributed by atoms with Crippen LogP contribution in [0.25, 0.3) is 0 Å². The van der Waals surface area contributed by atoms with Crippen molar-refractivity contribution in [3.8, 4) is 0 Å². The number of nitrogens with one attached hydrogen (secondary N) is 1. The van der Waals surface area contributed by atoms with Crippen molar-refractivity contribution in [2.75, 3.05) is 39.3 Å². The molecule has 21 heavy (non-hydrogen) atoms. The summed E-state index contributed by atoms with van der Waals surface area (Å²) in [6.07, 6.45) is 2.24. The molecule has 1 heterocycles. The van der Waals surface area contributed by atoms with Gasteiger partial charge in [-0.25, -0.2) is 0 Å². The Morgan fingerprint density at radius 3 is 2.71 bits per heavy atom. The molecule has 1 aliphatic rings. The van der Waals surface area contributed by atoms with Crippen LogP contribution >= 0.6 is 0 Å².